The topological polar surface area (TPSA) is 77.8 Å². The van der Waals surface area contributed by atoms with Gasteiger partial charge in [-0.3, -0.25) is 4.79 Å². The van der Waals surface area contributed by atoms with Crippen LogP contribution in [-0.4, -0.2) is 51.4 Å². The first-order valence-electron chi connectivity index (χ1n) is 6.16. The van der Waals surface area contributed by atoms with Gasteiger partial charge in [0.25, 0.3) is 0 Å². The summed E-state index contributed by atoms with van der Waals surface area (Å²) in [7, 11) is 0. The second-order valence-electron chi connectivity index (χ2n) is 4.65. The molecular weight excluding hydrogens is 304 g/mol. The van der Waals surface area contributed by atoms with Crippen LogP contribution in [0.4, 0.5) is 8.78 Å². The molecule has 1 aliphatic rings. The minimum absolute atomic E-state index is 0.00306. The zero-order chi connectivity index (χ0) is 15.6. The van der Waals surface area contributed by atoms with Crippen molar-refractivity contribution in [3.63, 3.8) is 0 Å². The van der Waals surface area contributed by atoms with E-state index in [9.17, 15) is 23.5 Å². The van der Waals surface area contributed by atoms with Gasteiger partial charge in [-0.2, -0.15) is 0 Å². The second kappa shape index (κ2) is 6.40. The number of carbonyl (C=O) groups excluding carboxylic acids is 1. The highest BCUT2D eigenvalue weighted by Crippen LogP contribution is 2.24. The highest BCUT2D eigenvalue weighted by Gasteiger charge is 2.38. The summed E-state index contributed by atoms with van der Waals surface area (Å²) >= 11 is 0.981. The van der Waals surface area contributed by atoms with Crippen LogP contribution in [-0.2, 0) is 9.59 Å². The lowest BCUT2D eigenvalue weighted by molar-refractivity contribution is -0.147. The van der Waals surface area contributed by atoms with E-state index in [0.717, 1.165) is 28.8 Å². The molecule has 2 N–H and O–H groups in total. The molecule has 1 heterocycles. The molecule has 8 heteroatoms. The van der Waals surface area contributed by atoms with Crippen LogP contribution >= 0.6 is 11.8 Å². The van der Waals surface area contributed by atoms with Crippen molar-refractivity contribution < 1.29 is 28.6 Å². The number of carboxylic acids is 1. The molecule has 114 valence electrons. The second-order valence-corrected chi connectivity index (χ2v) is 5.70. The third-order valence-corrected chi connectivity index (χ3v) is 4.12. The molecule has 0 aromatic heterocycles. The smallest absolute Gasteiger partial charge is 0.326 e. The number of carbonyl (C=O) groups is 2. The molecular formula is C13H13F2NO4S. The van der Waals surface area contributed by atoms with E-state index in [1.54, 1.807) is 0 Å². The number of likely N-dealkylation sites (tertiary alicyclic amines) is 1. The Morgan fingerprint density at radius 1 is 1.33 bits per heavy atom. The third-order valence-electron chi connectivity index (χ3n) is 3.14. The monoisotopic (exact) mass is 317 g/mol. The molecule has 5 nitrogen and oxygen atoms in total. The van der Waals surface area contributed by atoms with E-state index < -0.39 is 35.7 Å². The van der Waals surface area contributed by atoms with Crippen molar-refractivity contribution in [1.82, 2.24) is 4.90 Å². The van der Waals surface area contributed by atoms with E-state index in [-0.39, 0.29) is 18.7 Å². The summed E-state index contributed by atoms with van der Waals surface area (Å²) < 4.78 is 25.8. The van der Waals surface area contributed by atoms with Crippen LogP contribution in [0.2, 0.25) is 0 Å². The number of aliphatic carboxylic acids is 1. The summed E-state index contributed by atoms with van der Waals surface area (Å²) in [5, 5.41) is 18.5. The number of aliphatic hydroxyl groups is 1. The molecule has 1 amide bonds. The van der Waals surface area contributed by atoms with E-state index in [4.69, 9.17) is 5.11 Å². The fourth-order valence-electron chi connectivity index (χ4n) is 2.12. The molecule has 2 rings (SSSR count). The molecule has 0 bridgehead atoms. The fourth-order valence-corrected chi connectivity index (χ4v) is 2.93. The van der Waals surface area contributed by atoms with Gasteiger partial charge >= 0.3 is 5.97 Å². The number of β-amino-alcohol motifs (C(OH)–C–C–N with tert-alkyl or cyclic N) is 1. The molecule has 1 aliphatic heterocycles. The first-order chi connectivity index (χ1) is 9.88. The van der Waals surface area contributed by atoms with Gasteiger partial charge in [-0.25, -0.2) is 13.6 Å². The van der Waals surface area contributed by atoms with E-state index in [1.807, 2.05) is 0 Å². The van der Waals surface area contributed by atoms with Crippen molar-refractivity contribution in [1.29, 1.82) is 0 Å². The van der Waals surface area contributed by atoms with Crippen molar-refractivity contribution in [3.05, 3.63) is 29.8 Å². The predicted octanol–water partition coefficient (Wildman–Crippen LogP) is 1.10. The number of rotatable bonds is 4. The molecule has 2 atom stereocenters. The Morgan fingerprint density at radius 2 is 2.05 bits per heavy atom. The quantitative estimate of drug-likeness (QED) is 0.813. The Balaban J connectivity index is 1.97. The maximum absolute atomic E-state index is 13.0. The number of amides is 1. The molecule has 0 aliphatic carbocycles. The Kier molecular flexibility index (Phi) is 4.79. The average Bonchev–Trinajstić information content (AvgIpc) is 2.82. The van der Waals surface area contributed by atoms with Gasteiger partial charge in [0.2, 0.25) is 5.91 Å². The van der Waals surface area contributed by atoms with Crippen molar-refractivity contribution in [3.8, 4) is 0 Å². The molecule has 0 radical (unpaired) electrons. The fraction of sp³-hybridized carbons (Fsp3) is 0.385. The highest BCUT2D eigenvalue weighted by atomic mass is 32.2. The predicted molar refractivity (Wildman–Crippen MR) is 70.8 cm³/mol. The van der Waals surface area contributed by atoms with Crippen LogP contribution in [0.25, 0.3) is 0 Å². The number of hydrogen-bond acceptors (Lipinski definition) is 4. The number of benzene rings is 1. The SMILES string of the molecule is O=C(O)[C@@H]1C[C@@H](O)CN1C(=O)CSc1ccc(F)c(F)c1. The average molecular weight is 317 g/mol. The van der Waals surface area contributed by atoms with Crippen LogP contribution in [0.5, 0.6) is 0 Å². The first-order valence-corrected chi connectivity index (χ1v) is 7.15. The molecule has 0 saturated carbocycles. The van der Waals surface area contributed by atoms with Gasteiger partial charge in [-0.1, -0.05) is 0 Å². The first kappa shape index (κ1) is 15.7. The molecule has 1 aromatic rings. The molecule has 1 saturated heterocycles. The minimum Gasteiger partial charge on any atom is -0.480 e. The van der Waals surface area contributed by atoms with E-state index in [2.05, 4.69) is 0 Å². The van der Waals surface area contributed by atoms with Crippen LogP contribution < -0.4 is 0 Å². The summed E-state index contributed by atoms with van der Waals surface area (Å²) in [5.74, 6) is -3.72. The maximum Gasteiger partial charge on any atom is 0.326 e. The standard InChI is InChI=1S/C13H13F2NO4S/c14-9-2-1-8(4-10(9)15)21-6-12(18)16-5-7(17)3-11(16)13(19)20/h1-2,4,7,11,17H,3,5-6H2,(H,19,20)/t7-,11+/m1/s1. The van der Waals surface area contributed by atoms with E-state index in [0.29, 0.717) is 4.90 Å². The summed E-state index contributed by atoms with van der Waals surface area (Å²) in [6.07, 6.45) is -0.861. The third kappa shape index (κ3) is 3.70. The molecule has 21 heavy (non-hydrogen) atoms. The van der Waals surface area contributed by atoms with Gasteiger partial charge in [-0.05, 0) is 18.2 Å². The minimum atomic E-state index is -1.17. The summed E-state index contributed by atoms with van der Waals surface area (Å²) in [6.45, 7) is -0.0336. The summed E-state index contributed by atoms with van der Waals surface area (Å²) in [5.41, 5.74) is 0. The van der Waals surface area contributed by atoms with Gasteiger partial charge in [-0.15, -0.1) is 11.8 Å². The Morgan fingerprint density at radius 3 is 2.67 bits per heavy atom. The largest absolute Gasteiger partial charge is 0.480 e. The number of aliphatic hydroxyl groups excluding tert-OH is 1. The Labute approximate surface area is 123 Å². The van der Waals surface area contributed by atoms with Gasteiger partial charge in [0, 0.05) is 17.9 Å². The van der Waals surface area contributed by atoms with Crippen molar-refractivity contribution in [2.75, 3.05) is 12.3 Å². The summed E-state index contributed by atoms with van der Waals surface area (Å²) in [4.78, 5) is 24.5. The summed E-state index contributed by atoms with van der Waals surface area (Å²) in [6, 6.07) is 2.23. The number of hydrogen-bond donors (Lipinski definition) is 2. The Bertz CT molecular complexity index is 569. The van der Waals surface area contributed by atoms with Crippen LogP contribution in [0.3, 0.4) is 0 Å². The van der Waals surface area contributed by atoms with Gasteiger partial charge in [0.15, 0.2) is 11.6 Å². The molecule has 0 unspecified atom stereocenters. The van der Waals surface area contributed by atoms with E-state index >= 15 is 0 Å². The number of carboxylic acid groups (broad SMARTS) is 1. The molecule has 1 fully saturated rings. The number of thioether (sulfide) groups is 1. The molecule has 0 spiro atoms. The van der Waals surface area contributed by atoms with Crippen LogP contribution in [0.15, 0.2) is 23.1 Å². The van der Waals surface area contributed by atoms with Gasteiger partial charge < -0.3 is 15.1 Å². The normalized spacial score (nSPS) is 21.6. The zero-order valence-electron chi connectivity index (χ0n) is 10.8. The van der Waals surface area contributed by atoms with Crippen molar-refractivity contribution >= 4 is 23.6 Å². The maximum atomic E-state index is 13.0. The van der Waals surface area contributed by atoms with Crippen LogP contribution in [0.1, 0.15) is 6.42 Å². The molecule has 1 aromatic carbocycles. The number of nitrogens with zero attached hydrogens (tertiary/aromatic N) is 1. The van der Waals surface area contributed by atoms with Crippen LogP contribution in [0, 0.1) is 11.6 Å². The highest BCUT2D eigenvalue weighted by molar-refractivity contribution is 8.00. The van der Waals surface area contributed by atoms with Crippen molar-refractivity contribution in [2.24, 2.45) is 0 Å². The Hall–Kier alpha value is -1.67. The number of halogens is 2. The van der Waals surface area contributed by atoms with E-state index in [1.165, 1.54) is 6.07 Å². The zero-order valence-corrected chi connectivity index (χ0v) is 11.6. The lowest BCUT2D eigenvalue weighted by Gasteiger charge is -2.20. The lowest BCUT2D eigenvalue weighted by atomic mass is 10.2. The van der Waals surface area contributed by atoms with Crippen molar-refractivity contribution in [2.45, 2.75) is 23.5 Å². The van der Waals surface area contributed by atoms with Gasteiger partial charge in [0.1, 0.15) is 6.04 Å². The van der Waals surface area contributed by atoms with Gasteiger partial charge in [0.05, 0.1) is 11.9 Å². The lowest BCUT2D eigenvalue weighted by Crippen LogP contribution is -2.41.